The van der Waals surface area contributed by atoms with E-state index >= 15 is 0 Å². The molecule has 1 aromatic carbocycles. The Balaban J connectivity index is 1.77. The summed E-state index contributed by atoms with van der Waals surface area (Å²) in [4.78, 5) is 30.1. The molecule has 0 spiro atoms. The summed E-state index contributed by atoms with van der Waals surface area (Å²) in [6, 6.07) is 9.31. The van der Waals surface area contributed by atoms with Crippen LogP contribution in [-0.2, 0) is 16.0 Å². The molecule has 0 saturated carbocycles. The minimum Gasteiger partial charge on any atom is -0.497 e. The number of nitrogens with zero attached hydrogens (tertiary/aromatic N) is 2. The molecule has 30 heavy (non-hydrogen) atoms. The van der Waals surface area contributed by atoms with Gasteiger partial charge in [0.05, 0.1) is 13.2 Å². The number of carbonyl (C=O) groups excluding carboxylic acids is 2. The van der Waals surface area contributed by atoms with E-state index in [1.165, 1.54) is 4.88 Å². The lowest BCUT2D eigenvalue weighted by molar-refractivity contribution is -0.142. The number of benzene rings is 1. The van der Waals surface area contributed by atoms with Gasteiger partial charge in [-0.25, -0.2) is 0 Å². The molecular formula is C23H28N2O4S. The fourth-order valence-electron chi connectivity index (χ4n) is 3.63. The monoisotopic (exact) mass is 428 g/mol. The summed E-state index contributed by atoms with van der Waals surface area (Å²) in [6.45, 7) is 6.86. The molecule has 0 N–H and O–H groups in total. The average Bonchev–Trinajstić information content (AvgIpc) is 3.25. The normalized spacial score (nSPS) is 15.3. The van der Waals surface area contributed by atoms with Crippen molar-refractivity contribution in [2.24, 2.45) is 0 Å². The third kappa shape index (κ3) is 5.02. The van der Waals surface area contributed by atoms with E-state index in [0.29, 0.717) is 31.9 Å². The summed E-state index contributed by atoms with van der Waals surface area (Å²) in [6.07, 6.45) is 2.83. The zero-order chi connectivity index (χ0) is 21.5. The quantitative estimate of drug-likeness (QED) is 0.572. The van der Waals surface area contributed by atoms with Crippen molar-refractivity contribution in [3.63, 3.8) is 0 Å². The molecule has 1 aliphatic rings. The van der Waals surface area contributed by atoms with Crippen molar-refractivity contribution in [3.8, 4) is 11.5 Å². The molecule has 0 bridgehead atoms. The van der Waals surface area contributed by atoms with Crippen LogP contribution in [0.1, 0.15) is 29.8 Å². The molecule has 2 amide bonds. The van der Waals surface area contributed by atoms with Gasteiger partial charge in [0.25, 0.3) is 0 Å². The van der Waals surface area contributed by atoms with Gasteiger partial charge in [-0.05, 0) is 35.6 Å². The van der Waals surface area contributed by atoms with E-state index in [4.69, 9.17) is 9.47 Å². The topological polar surface area (TPSA) is 59.1 Å². The predicted octanol–water partition coefficient (Wildman–Crippen LogP) is 3.69. The molecule has 3 rings (SSSR count). The van der Waals surface area contributed by atoms with Crippen molar-refractivity contribution in [2.45, 2.75) is 25.8 Å². The molecular weight excluding hydrogens is 400 g/mol. The molecule has 1 aliphatic heterocycles. The van der Waals surface area contributed by atoms with E-state index in [9.17, 15) is 9.59 Å². The molecule has 2 heterocycles. The summed E-state index contributed by atoms with van der Waals surface area (Å²) in [5, 5.41) is 2.06. The Kier molecular flexibility index (Phi) is 7.52. The Morgan fingerprint density at radius 1 is 1.33 bits per heavy atom. The van der Waals surface area contributed by atoms with Gasteiger partial charge in [0.2, 0.25) is 11.8 Å². The van der Waals surface area contributed by atoms with E-state index < -0.39 is 0 Å². The average molecular weight is 429 g/mol. The highest BCUT2D eigenvalue weighted by atomic mass is 32.1. The number of thiophene rings is 1. The minimum absolute atomic E-state index is 0.0494. The van der Waals surface area contributed by atoms with Crippen LogP contribution in [0.4, 0.5) is 0 Å². The first-order valence-corrected chi connectivity index (χ1v) is 11.0. The molecule has 0 aliphatic carbocycles. The van der Waals surface area contributed by atoms with Gasteiger partial charge >= 0.3 is 0 Å². The Morgan fingerprint density at radius 2 is 2.13 bits per heavy atom. The van der Waals surface area contributed by atoms with Gasteiger partial charge in [-0.15, -0.1) is 17.9 Å². The van der Waals surface area contributed by atoms with E-state index in [1.54, 1.807) is 36.3 Å². The van der Waals surface area contributed by atoms with Crippen molar-refractivity contribution in [1.29, 1.82) is 0 Å². The maximum atomic E-state index is 13.2. The van der Waals surface area contributed by atoms with E-state index in [-0.39, 0.29) is 24.4 Å². The van der Waals surface area contributed by atoms with Gasteiger partial charge < -0.3 is 19.3 Å². The van der Waals surface area contributed by atoms with Crippen LogP contribution in [0.5, 0.6) is 11.5 Å². The van der Waals surface area contributed by atoms with Gasteiger partial charge in [-0.2, -0.15) is 0 Å². The molecule has 1 unspecified atom stereocenters. The fourth-order valence-corrected chi connectivity index (χ4v) is 4.56. The maximum absolute atomic E-state index is 13.2. The first kappa shape index (κ1) is 21.9. The zero-order valence-corrected chi connectivity index (χ0v) is 18.3. The van der Waals surface area contributed by atoms with Crippen molar-refractivity contribution in [3.05, 3.63) is 58.8 Å². The van der Waals surface area contributed by atoms with Gasteiger partial charge in [0.1, 0.15) is 24.7 Å². The molecule has 1 aromatic heterocycles. The standard InChI is InChI=1S/C23H28N2O4S/c1-4-11-24(22(26)5-2)15-23(27)25-12-9-21-19(10-13-30-21)20(25)16-29-18-8-6-7-17(14-18)28-3/h4,6-8,10,13-14,20H,1,5,9,11-12,15-16H2,2-3H3. The van der Waals surface area contributed by atoms with Crippen molar-refractivity contribution in [2.75, 3.05) is 33.4 Å². The summed E-state index contributed by atoms with van der Waals surface area (Å²) in [5.74, 6) is 1.28. The lowest BCUT2D eigenvalue weighted by atomic mass is 10.0. The number of methoxy groups -OCH3 is 1. The summed E-state index contributed by atoms with van der Waals surface area (Å²) in [7, 11) is 1.62. The van der Waals surface area contributed by atoms with Crippen LogP contribution in [0, 0.1) is 0 Å². The Hall–Kier alpha value is -2.80. The fraction of sp³-hybridized carbons (Fsp3) is 0.391. The lowest BCUT2D eigenvalue weighted by Crippen LogP contribution is -2.47. The van der Waals surface area contributed by atoms with Crippen LogP contribution < -0.4 is 9.47 Å². The second-order valence-electron chi connectivity index (χ2n) is 7.06. The van der Waals surface area contributed by atoms with Crippen LogP contribution in [0.25, 0.3) is 0 Å². The van der Waals surface area contributed by atoms with Crippen molar-refractivity contribution < 1.29 is 19.1 Å². The maximum Gasteiger partial charge on any atom is 0.242 e. The summed E-state index contributed by atoms with van der Waals surface area (Å²) in [5.41, 5.74) is 1.12. The molecule has 160 valence electrons. The largest absolute Gasteiger partial charge is 0.497 e. The van der Waals surface area contributed by atoms with Gasteiger partial charge in [-0.3, -0.25) is 9.59 Å². The van der Waals surface area contributed by atoms with Crippen molar-refractivity contribution >= 4 is 23.2 Å². The number of hydrogen-bond donors (Lipinski definition) is 0. The van der Waals surface area contributed by atoms with E-state index in [2.05, 4.69) is 18.0 Å². The summed E-state index contributed by atoms with van der Waals surface area (Å²) < 4.78 is 11.3. The first-order valence-electron chi connectivity index (χ1n) is 10.1. The second kappa shape index (κ2) is 10.3. The van der Waals surface area contributed by atoms with E-state index in [1.807, 2.05) is 29.2 Å². The highest BCUT2D eigenvalue weighted by Crippen LogP contribution is 2.34. The summed E-state index contributed by atoms with van der Waals surface area (Å²) >= 11 is 1.71. The third-order valence-electron chi connectivity index (χ3n) is 5.20. The first-order chi connectivity index (χ1) is 14.6. The van der Waals surface area contributed by atoms with E-state index in [0.717, 1.165) is 17.7 Å². The third-order valence-corrected chi connectivity index (χ3v) is 6.19. The predicted molar refractivity (Wildman–Crippen MR) is 118 cm³/mol. The molecule has 1 atom stereocenters. The van der Waals surface area contributed by atoms with Gasteiger partial charge in [0.15, 0.2) is 0 Å². The second-order valence-corrected chi connectivity index (χ2v) is 8.06. The number of amides is 2. The smallest absolute Gasteiger partial charge is 0.242 e. The molecule has 6 nitrogen and oxygen atoms in total. The Bertz CT molecular complexity index is 895. The van der Waals surface area contributed by atoms with Gasteiger partial charge in [-0.1, -0.05) is 19.1 Å². The highest BCUT2D eigenvalue weighted by molar-refractivity contribution is 7.10. The Morgan fingerprint density at radius 3 is 2.87 bits per heavy atom. The lowest BCUT2D eigenvalue weighted by Gasteiger charge is -2.37. The van der Waals surface area contributed by atoms with Crippen LogP contribution in [0.15, 0.2) is 48.4 Å². The van der Waals surface area contributed by atoms with Crippen LogP contribution in [0.3, 0.4) is 0 Å². The number of rotatable bonds is 9. The molecule has 2 aromatic rings. The van der Waals surface area contributed by atoms with Crippen LogP contribution in [0.2, 0.25) is 0 Å². The molecule has 0 fully saturated rings. The number of fused-ring (bicyclic) bond motifs is 1. The SMILES string of the molecule is C=CCN(CC(=O)N1CCc2sccc2C1COc1cccc(OC)c1)C(=O)CC. The van der Waals surface area contributed by atoms with Gasteiger partial charge in [0, 0.05) is 30.5 Å². The van der Waals surface area contributed by atoms with Crippen LogP contribution in [-0.4, -0.2) is 55.0 Å². The number of carbonyl (C=O) groups is 2. The van der Waals surface area contributed by atoms with Crippen LogP contribution >= 0.6 is 11.3 Å². The minimum atomic E-state index is -0.194. The number of ether oxygens (including phenoxy) is 2. The highest BCUT2D eigenvalue weighted by Gasteiger charge is 2.33. The molecule has 7 heteroatoms. The molecule has 0 saturated heterocycles. The number of hydrogen-bond acceptors (Lipinski definition) is 5. The Labute approximate surface area is 181 Å². The zero-order valence-electron chi connectivity index (χ0n) is 17.5. The molecule has 0 radical (unpaired) electrons. The van der Waals surface area contributed by atoms with Crippen molar-refractivity contribution in [1.82, 2.24) is 9.80 Å².